The van der Waals surface area contributed by atoms with Crippen molar-refractivity contribution in [3.8, 4) is 22.3 Å². The summed E-state index contributed by atoms with van der Waals surface area (Å²) >= 11 is 2.93. The zero-order valence-corrected chi connectivity index (χ0v) is 50.2. The molecule has 0 saturated heterocycles. The zero-order valence-electron chi connectivity index (χ0n) is 43.8. The maximum atomic E-state index is 3.67. The van der Waals surface area contributed by atoms with Gasteiger partial charge in [0.05, 0.1) is 0 Å². The van der Waals surface area contributed by atoms with Gasteiger partial charge in [-0.05, 0) is 56.8 Å². The van der Waals surface area contributed by atoms with Crippen LogP contribution in [0.4, 0.5) is 0 Å². The molecule has 0 aliphatic heterocycles. The van der Waals surface area contributed by atoms with Crippen LogP contribution in [0, 0.1) is 24.3 Å². The number of halogens is 2. The summed E-state index contributed by atoms with van der Waals surface area (Å²) in [5.41, 5.74) is 20.1. The van der Waals surface area contributed by atoms with E-state index in [1.54, 1.807) is 0 Å². The third kappa shape index (κ3) is 18.4. The van der Waals surface area contributed by atoms with Gasteiger partial charge in [0.1, 0.15) is 0 Å². The van der Waals surface area contributed by atoms with E-state index in [1.807, 2.05) is 36.4 Å². The minimum atomic E-state index is 0. The second-order valence-electron chi connectivity index (χ2n) is 21.7. The van der Waals surface area contributed by atoms with Crippen molar-refractivity contribution < 1.29 is 73.3 Å². The molecule has 0 unspecified atom stereocenters. The van der Waals surface area contributed by atoms with Crippen LogP contribution >= 0.6 is 0 Å². The Labute approximate surface area is 466 Å². The van der Waals surface area contributed by atoms with Crippen LogP contribution in [0.5, 0.6) is 0 Å². The fourth-order valence-corrected chi connectivity index (χ4v) is 8.78. The fourth-order valence-electron chi connectivity index (χ4n) is 7.83. The van der Waals surface area contributed by atoms with E-state index in [9.17, 15) is 0 Å². The molecule has 0 saturated carbocycles. The van der Waals surface area contributed by atoms with Crippen molar-refractivity contribution in [2.75, 3.05) is 0 Å². The number of hydrogen-bond donors (Lipinski definition) is 0. The molecule has 4 aliphatic carbocycles. The molecule has 0 aromatic heterocycles. The first kappa shape index (κ1) is 60.7. The standard InChI is InChI=1S/2C21H25.2C7H6.2C5H5.2ClH.2Zr/c2*1-20(2,3)16-7-9-18-14(12-16)11-15-13-17(21(4,5)6)8-10-19(15)18;2*1-7-5-3-2-4-6-7;2*1-2-4-5-3-1;;;;/h2*7-10,12H,11H2,1-6H3;2*1-6H;2*1-3H,4H2;2*1H;;/q2*-1;;;2*-1;;;2*+2/p-2. The van der Waals surface area contributed by atoms with Gasteiger partial charge in [-0.2, -0.15) is 59.7 Å². The van der Waals surface area contributed by atoms with Crippen LogP contribution in [0.3, 0.4) is 0 Å². The van der Waals surface area contributed by atoms with E-state index >= 15 is 0 Å². The predicted molar refractivity (Wildman–Crippen MR) is 288 cm³/mol. The summed E-state index contributed by atoms with van der Waals surface area (Å²) in [5, 5.41) is 0. The first-order valence-corrected chi connectivity index (χ1v) is 27.0. The van der Waals surface area contributed by atoms with Crippen molar-refractivity contribution in [2.45, 2.75) is 130 Å². The van der Waals surface area contributed by atoms with Crippen LogP contribution in [0.2, 0.25) is 0 Å². The van der Waals surface area contributed by atoms with E-state index in [0.717, 1.165) is 25.7 Å². The van der Waals surface area contributed by atoms with Gasteiger partial charge in [0, 0.05) is 0 Å². The van der Waals surface area contributed by atoms with Gasteiger partial charge in [-0.1, -0.05) is 131 Å². The van der Waals surface area contributed by atoms with Crippen LogP contribution in [-0.4, -0.2) is 7.42 Å². The predicted octanol–water partition coefficient (Wildman–Crippen LogP) is 10.7. The molecule has 10 rings (SSSR count). The second kappa shape index (κ2) is 28.0. The Bertz CT molecular complexity index is 2390. The molecule has 0 nitrogen and oxygen atoms in total. The second-order valence-corrected chi connectivity index (χ2v) is 23.2. The molecule has 0 atom stereocenters. The first-order chi connectivity index (χ1) is 32.2. The molecular weight excluding hydrogens is 1050 g/mol. The number of benzene rings is 6. The van der Waals surface area contributed by atoms with Crippen LogP contribution in [-0.2, 0) is 83.0 Å². The van der Waals surface area contributed by atoms with Crippen molar-refractivity contribution in [1.29, 1.82) is 0 Å². The number of hydrogen-bond acceptors (Lipinski definition) is 0. The summed E-state index contributed by atoms with van der Waals surface area (Å²) in [5.74, 6) is 0. The van der Waals surface area contributed by atoms with Gasteiger partial charge < -0.3 is 24.8 Å². The van der Waals surface area contributed by atoms with Gasteiger partial charge in [0.25, 0.3) is 0 Å². The van der Waals surface area contributed by atoms with Crippen molar-refractivity contribution >= 4 is 7.42 Å². The van der Waals surface area contributed by atoms with Gasteiger partial charge in [0.15, 0.2) is 0 Å². The summed E-state index contributed by atoms with van der Waals surface area (Å²) in [6, 6.07) is 51.0. The molecule has 360 valence electrons. The van der Waals surface area contributed by atoms with Gasteiger partial charge in [-0.25, -0.2) is 24.3 Å². The molecule has 0 fully saturated rings. The van der Waals surface area contributed by atoms with E-state index in [1.165, 1.54) is 126 Å². The zero-order chi connectivity index (χ0) is 49.5. The molecule has 6 aromatic rings. The molecule has 4 aliphatic rings. The van der Waals surface area contributed by atoms with E-state index in [2.05, 4.69) is 236 Å². The summed E-state index contributed by atoms with van der Waals surface area (Å²) in [6.45, 7) is 27.2. The Balaban J connectivity index is 0.000000243. The molecule has 0 radical (unpaired) electrons. The molecule has 0 heterocycles. The van der Waals surface area contributed by atoms with Crippen molar-refractivity contribution in [3.05, 3.63) is 238 Å². The van der Waals surface area contributed by atoms with Gasteiger partial charge in [-0.3, -0.25) is 12.2 Å². The number of rotatable bonds is 2. The quantitative estimate of drug-likeness (QED) is 0.151. The molecule has 6 aromatic carbocycles. The van der Waals surface area contributed by atoms with E-state index < -0.39 is 0 Å². The van der Waals surface area contributed by atoms with Crippen molar-refractivity contribution in [3.63, 3.8) is 0 Å². The third-order valence-corrected chi connectivity index (χ3v) is 13.7. The van der Waals surface area contributed by atoms with Crippen LogP contribution in [0.25, 0.3) is 22.3 Å². The van der Waals surface area contributed by atoms with Gasteiger partial charge in [-0.15, -0.1) is 35.1 Å². The van der Waals surface area contributed by atoms with Gasteiger partial charge in [0.2, 0.25) is 0 Å². The molecule has 0 bridgehead atoms. The molecule has 0 spiro atoms. The summed E-state index contributed by atoms with van der Waals surface area (Å²) < 4.78 is 4.35. The monoisotopic (exact) mass is 1110 g/mol. The topological polar surface area (TPSA) is 0 Å². The molecular formula is C66H72Cl2Zr2-2. The maximum absolute atomic E-state index is 3.67. The Morgan fingerprint density at radius 3 is 1.00 bits per heavy atom. The summed E-state index contributed by atoms with van der Waals surface area (Å²) in [6.07, 6.45) is 22.1. The Kier molecular flexibility index (Phi) is 24.3. The minimum absolute atomic E-state index is 0. The molecule has 70 heavy (non-hydrogen) atoms. The van der Waals surface area contributed by atoms with Crippen LogP contribution in [0.1, 0.15) is 152 Å². The summed E-state index contributed by atoms with van der Waals surface area (Å²) in [7, 11) is 0. The van der Waals surface area contributed by atoms with Gasteiger partial charge >= 0.3 is 128 Å². The van der Waals surface area contributed by atoms with E-state index in [-0.39, 0.29) is 46.5 Å². The van der Waals surface area contributed by atoms with E-state index in [0.29, 0.717) is 0 Å². The number of allylic oxidation sites excluding steroid dienone is 8. The van der Waals surface area contributed by atoms with Crippen LogP contribution < -0.4 is 24.8 Å². The van der Waals surface area contributed by atoms with Crippen molar-refractivity contribution in [1.82, 2.24) is 0 Å². The molecule has 0 N–H and O–H groups in total. The molecule has 4 heteroatoms. The normalized spacial score (nSPS) is 12.9. The van der Waals surface area contributed by atoms with E-state index in [4.69, 9.17) is 0 Å². The third-order valence-electron chi connectivity index (χ3n) is 12.0. The SMILES string of the molecule is CC(C)(C)c1[c-]c2c(cc1)-c1ccc(C(C)(C)C)cc1C2.CC(C)(C)c1[c-]c2c(cc1)-c1ccc(C(C)(C)C)cc1C2.[C-]1=CC=CC1.[C-]1=CC=CC1.[Cl-].[Cl-].[Zr+2]=[CH]c1ccccc1.[Zr+2]=[CH]c1ccccc1. The molecule has 0 amide bonds. The Hall–Kier alpha value is -3.63. The van der Waals surface area contributed by atoms with Crippen molar-refractivity contribution in [2.24, 2.45) is 0 Å². The Morgan fingerprint density at radius 2 is 0.757 bits per heavy atom. The van der Waals surface area contributed by atoms with Crippen LogP contribution in [0.15, 0.2) is 158 Å². The summed E-state index contributed by atoms with van der Waals surface area (Å²) in [4.78, 5) is 0. The number of fused-ring (bicyclic) bond motifs is 6. The average molecular weight is 1120 g/mol. The fraction of sp³-hybridized carbons (Fsp3) is 0.303. The Morgan fingerprint density at radius 1 is 0.414 bits per heavy atom. The average Bonchev–Trinajstić information content (AvgIpc) is 4.17. The first-order valence-electron chi connectivity index (χ1n) is 24.1.